The smallest absolute Gasteiger partial charge is 0.338 e. The van der Waals surface area contributed by atoms with Crippen molar-refractivity contribution in [3.63, 3.8) is 0 Å². The standard InChI is InChI=1S/C26H24Cl3NO4/c1-4-33-26(32)18-6-9-21(10-7-18)30(14-19-5-8-20(27)13-23(19)28)24(31)15-34-22-11-16(2)25(29)17(3)12-22/h5-13H,4,14-15H2,1-3H3. The number of benzene rings is 3. The Balaban J connectivity index is 1.86. The molecule has 3 aromatic rings. The first-order chi connectivity index (χ1) is 16.2. The summed E-state index contributed by atoms with van der Waals surface area (Å²) in [5.74, 6) is -0.167. The van der Waals surface area contributed by atoms with Gasteiger partial charge >= 0.3 is 5.97 Å². The number of carbonyl (C=O) groups excluding carboxylic acids is 2. The van der Waals surface area contributed by atoms with Crippen molar-refractivity contribution in [3.05, 3.63) is 91.9 Å². The van der Waals surface area contributed by atoms with Crippen LogP contribution in [0.5, 0.6) is 5.75 Å². The second-order valence-corrected chi connectivity index (χ2v) is 8.86. The SMILES string of the molecule is CCOC(=O)c1ccc(N(Cc2ccc(Cl)cc2Cl)C(=O)COc2cc(C)c(Cl)c(C)c2)cc1. The van der Waals surface area contributed by atoms with Gasteiger partial charge in [-0.2, -0.15) is 0 Å². The van der Waals surface area contributed by atoms with Gasteiger partial charge in [0.2, 0.25) is 0 Å². The van der Waals surface area contributed by atoms with Crippen LogP contribution in [0.15, 0.2) is 54.6 Å². The van der Waals surface area contributed by atoms with Crippen LogP contribution in [-0.2, 0) is 16.1 Å². The Hall–Kier alpha value is -2.73. The molecule has 0 heterocycles. The highest BCUT2D eigenvalue weighted by Gasteiger charge is 2.20. The number of esters is 1. The maximum Gasteiger partial charge on any atom is 0.338 e. The summed E-state index contributed by atoms with van der Waals surface area (Å²) >= 11 is 18.6. The number of carbonyl (C=O) groups is 2. The number of hydrogen-bond acceptors (Lipinski definition) is 4. The van der Waals surface area contributed by atoms with E-state index in [1.807, 2.05) is 13.8 Å². The van der Waals surface area contributed by atoms with Crippen molar-refractivity contribution in [1.82, 2.24) is 0 Å². The zero-order chi connectivity index (χ0) is 24.8. The van der Waals surface area contributed by atoms with Crippen LogP contribution in [0.25, 0.3) is 0 Å². The lowest BCUT2D eigenvalue weighted by Crippen LogP contribution is -2.34. The molecule has 0 atom stereocenters. The van der Waals surface area contributed by atoms with Crippen LogP contribution in [-0.4, -0.2) is 25.1 Å². The highest BCUT2D eigenvalue weighted by atomic mass is 35.5. The molecule has 5 nitrogen and oxygen atoms in total. The second kappa shape index (κ2) is 11.6. The van der Waals surface area contributed by atoms with Gasteiger partial charge < -0.3 is 14.4 Å². The van der Waals surface area contributed by atoms with Gasteiger partial charge in [0.15, 0.2) is 6.61 Å². The zero-order valence-corrected chi connectivity index (χ0v) is 21.3. The molecule has 0 saturated heterocycles. The van der Waals surface area contributed by atoms with Gasteiger partial charge in [-0.15, -0.1) is 0 Å². The van der Waals surface area contributed by atoms with E-state index < -0.39 is 5.97 Å². The largest absolute Gasteiger partial charge is 0.484 e. The molecular weight excluding hydrogens is 497 g/mol. The molecular formula is C26H24Cl3NO4. The molecule has 0 aromatic heterocycles. The molecule has 0 N–H and O–H groups in total. The molecule has 178 valence electrons. The Morgan fingerprint density at radius 2 is 1.56 bits per heavy atom. The highest BCUT2D eigenvalue weighted by Crippen LogP contribution is 2.27. The number of amides is 1. The van der Waals surface area contributed by atoms with Gasteiger partial charge in [0.25, 0.3) is 5.91 Å². The first-order valence-electron chi connectivity index (χ1n) is 10.6. The molecule has 0 fully saturated rings. The minimum Gasteiger partial charge on any atom is -0.484 e. The summed E-state index contributed by atoms with van der Waals surface area (Å²) in [6.45, 7) is 5.77. The van der Waals surface area contributed by atoms with Crippen molar-refractivity contribution < 1.29 is 19.1 Å². The summed E-state index contributed by atoms with van der Waals surface area (Å²) in [7, 11) is 0. The van der Waals surface area contributed by atoms with E-state index >= 15 is 0 Å². The van der Waals surface area contributed by atoms with Gasteiger partial charge in [0.05, 0.1) is 18.7 Å². The lowest BCUT2D eigenvalue weighted by atomic mass is 10.1. The summed E-state index contributed by atoms with van der Waals surface area (Å²) in [6.07, 6.45) is 0. The van der Waals surface area contributed by atoms with Crippen molar-refractivity contribution in [2.24, 2.45) is 0 Å². The number of ether oxygens (including phenoxy) is 2. The van der Waals surface area contributed by atoms with Crippen LogP contribution in [0.3, 0.4) is 0 Å². The highest BCUT2D eigenvalue weighted by molar-refractivity contribution is 6.35. The molecule has 0 radical (unpaired) electrons. The van der Waals surface area contributed by atoms with Crippen LogP contribution in [0, 0.1) is 13.8 Å². The normalized spacial score (nSPS) is 10.6. The van der Waals surface area contributed by atoms with E-state index in [9.17, 15) is 9.59 Å². The Kier molecular flexibility index (Phi) is 8.84. The lowest BCUT2D eigenvalue weighted by Gasteiger charge is -2.24. The van der Waals surface area contributed by atoms with Crippen LogP contribution < -0.4 is 9.64 Å². The number of rotatable bonds is 8. The average Bonchev–Trinajstić information content (AvgIpc) is 2.80. The van der Waals surface area contributed by atoms with Crippen LogP contribution in [0.1, 0.15) is 34.0 Å². The Labute approximate surface area is 214 Å². The molecule has 0 saturated carbocycles. The number of aryl methyl sites for hydroxylation is 2. The maximum absolute atomic E-state index is 13.3. The van der Waals surface area contributed by atoms with Gasteiger partial charge in [-0.3, -0.25) is 4.79 Å². The molecule has 3 rings (SSSR count). The molecule has 1 amide bonds. The number of hydrogen-bond donors (Lipinski definition) is 0. The average molecular weight is 521 g/mol. The molecule has 0 aliphatic carbocycles. The van der Waals surface area contributed by atoms with E-state index in [1.165, 1.54) is 0 Å². The van der Waals surface area contributed by atoms with Gasteiger partial charge in [0.1, 0.15) is 5.75 Å². The van der Waals surface area contributed by atoms with E-state index in [0.717, 1.165) is 11.1 Å². The third-order valence-electron chi connectivity index (χ3n) is 5.11. The minimum atomic E-state index is -0.426. The fraction of sp³-hybridized carbons (Fsp3) is 0.231. The molecule has 0 unspecified atom stereocenters. The van der Waals surface area contributed by atoms with Crippen molar-refractivity contribution in [2.45, 2.75) is 27.3 Å². The fourth-order valence-electron chi connectivity index (χ4n) is 3.35. The third-order valence-corrected chi connectivity index (χ3v) is 6.29. The Morgan fingerprint density at radius 3 is 2.15 bits per heavy atom. The van der Waals surface area contributed by atoms with Gasteiger partial charge in [0, 0.05) is 20.8 Å². The molecule has 0 aliphatic heterocycles. The predicted molar refractivity (Wildman–Crippen MR) is 136 cm³/mol. The number of nitrogens with zero attached hydrogens (tertiary/aromatic N) is 1. The van der Waals surface area contributed by atoms with Crippen molar-refractivity contribution in [1.29, 1.82) is 0 Å². The summed E-state index contributed by atoms with van der Waals surface area (Å²) in [4.78, 5) is 26.8. The molecule has 34 heavy (non-hydrogen) atoms. The second-order valence-electron chi connectivity index (χ2n) is 7.64. The Bertz CT molecular complexity index is 1170. The Morgan fingerprint density at radius 1 is 0.912 bits per heavy atom. The molecule has 3 aromatic carbocycles. The zero-order valence-electron chi connectivity index (χ0n) is 19.0. The van der Waals surface area contributed by atoms with E-state index in [2.05, 4.69) is 0 Å². The van der Waals surface area contributed by atoms with E-state index in [0.29, 0.717) is 37.6 Å². The van der Waals surface area contributed by atoms with Crippen molar-refractivity contribution in [3.8, 4) is 5.75 Å². The van der Waals surface area contributed by atoms with Crippen LogP contribution in [0.2, 0.25) is 15.1 Å². The summed E-state index contributed by atoms with van der Waals surface area (Å²) in [5.41, 5.74) is 3.42. The van der Waals surface area contributed by atoms with Gasteiger partial charge in [-0.05, 0) is 86.0 Å². The molecule has 0 bridgehead atoms. The number of halogens is 3. The van der Waals surface area contributed by atoms with Gasteiger partial charge in [-0.25, -0.2) is 4.79 Å². The molecule has 0 aliphatic rings. The van der Waals surface area contributed by atoms with Crippen molar-refractivity contribution >= 4 is 52.4 Å². The summed E-state index contributed by atoms with van der Waals surface area (Å²) in [5, 5.41) is 1.61. The topological polar surface area (TPSA) is 55.8 Å². The quantitative estimate of drug-likeness (QED) is 0.299. The first-order valence-corrected chi connectivity index (χ1v) is 11.7. The van der Waals surface area contributed by atoms with Crippen LogP contribution in [0.4, 0.5) is 5.69 Å². The monoisotopic (exact) mass is 519 g/mol. The van der Waals surface area contributed by atoms with Gasteiger partial charge in [-0.1, -0.05) is 40.9 Å². The first kappa shape index (κ1) is 25.9. The van der Waals surface area contributed by atoms with E-state index in [1.54, 1.807) is 66.4 Å². The lowest BCUT2D eigenvalue weighted by molar-refractivity contribution is -0.120. The maximum atomic E-state index is 13.3. The number of anilines is 1. The molecule has 0 spiro atoms. The summed E-state index contributed by atoms with van der Waals surface area (Å²) in [6, 6.07) is 15.3. The van der Waals surface area contributed by atoms with E-state index in [-0.39, 0.29) is 25.7 Å². The van der Waals surface area contributed by atoms with Crippen molar-refractivity contribution in [2.75, 3.05) is 18.1 Å². The van der Waals surface area contributed by atoms with Crippen LogP contribution >= 0.6 is 34.8 Å². The fourth-order valence-corrected chi connectivity index (χ4v) is 3.93. The van der Waals surface area contributed by atoms with E-state index in [4.69, 9.17) is 44.3 Å². The third kappa shape index (κ3) is 6.44. The summed E-state index contributed by atoms with van der Waals surface area (Å²) < 4.78 is 10.8. The molecule has 8 heteroatoms. The minimum absolute atomic E-state index is 0.190. The predicted octanol–water partition coefficient (Wildman–Crippen LogP) is 7.05.